The summed E-state index contributed by atoms with van der Waals surface area (Å²) in [6.45, 7) is 5.77. The molecule has 2 aliphatic rings. The van der Waals surface area contributed by atoms with Gasteiger partial charge < -0.3 is 10.1 Å². The highest BCUT2D eigenvalue weighted by Crippen LogP contribution is 2.35. The third-order valence-electron chi connectivity index (χ3n) is 3.86. The third kappa shape index (κ3) is 2.25. The van der Waals surface area contributed by atoms with Crippen LogP contribution in [0.1, 0.15) is 26.3 Å². The largest absolute Gasteiger partial charge is 0.360 e. The molecule has 21 heavy (non-hydrogen) atoms. The molecule has 0 aromatic heterocycles. The molecule has 0 saturated carbocycles. The predicted octanol–water partition coefficient (Wildman–Crippen LogP) is 1.33. The Hall–Kier alpha value is -1.44. The topological polar surface area (TPSA) is 75.7 Å². The number of rotatable bonds is 2. The first-order valence-corrected chi connectivity index (χ1v) is 8.25. The van der Waals surface area contributed by atoms with Crippen LogP contribution in [0.3, 0.4) is 0 Å². The fraction of sp³-hybridized carbons (Fsp3) is 0.500. The number of ether oxygens (including phenoxy) is 1. The van der Waals surface area contributed by atoms with E-state index < -0.39 is 21.8 Å². The molecular weight excluding hydrogens is 292 g/mol. The van der Waals surface area contributed by atoms with Crippen LogP contribution in [-0.4, -0.2) is 37.0 Å². The van der Waals surface area contributed by atoms with Crippen molar-refractivity contribution in [3.05, 3.63) is 23.8 Å². The highest BCUT2D eigenvalue weighted by molar-refractivity contribution is 7.89. The van der Waals surface area contributed by atoms with Crippen LogP contribution in [0.25, 0.3) is 0 Å². The first-order valence-electron chi connectivity index (χ1n) is 6.81. The van der Waals surface area contributed by atoms with Gasteiger partial charge in [0, 0.05) is 5.69 Å². The average molecular weight is 310 g/mol. The molecule has 1 saturated heterocycles. The van der Waals surface area contributed by atoms with E-state index in [9.17, 15) is 13.2 Å². The van der Waals surface area contributed by atoms with Crippen molar-refractivity contribution in [2.24, 2.45) is 0 Å². The van der Waals surface area contributed by atoms with Crippen LogP contribution in [0, 0.1) is 0 Å². The van der Waals surface area contributed by atoms with Crippen molar-refractivity contribution in [2.75, 3.05) is 11.9 Å². The number of sulfonamides is 1. The van der Waals surface area contributed by atoms with Crippen LogP contribution in [0.4, 0.5) is 5.69 Å². The van der Waals surface area contributed by atoms with Crippen molar-refractivity contribution in [1.29, 1.82) is 0 Å². The van der Waals surface area contributed by atoms with E-state index in [2.05, 4.69) is 5.32 Å². The lowest BCUT2D eigenvalue weighted by Crippen LogP contribution is -2.47. The minimum atomic E-state index is -3.67. The Balaban J connectivity index is 2.04. The molecule has 0 bridgehead atoms. The maximum atomic E-state index is 12.9. The van der Waals surface area contributed by atoms with Gasteiger partial charge in [-0.05, 0) is 44.5 Å². The molecule has 3 rings (SSSR count). The Bertz CT molecular complexity index is 712. The first kappa shape index (κ1) is 14.5. The van der Waals surface area contributed by atoms with Crippen molar-refractivity contribution in [1.82, 2.24) is 4.31 Å². The summed E-state index contributed by atoms with van der Waals surface area (Å²) in [6, 6.07) is 4.74. The lowest BCUT2D eigenvalue weighted by atomic mass is 10.1. The molecule has 7 heteroatoms. The SMILES string of the molecule is CC1OCC(C)(C)N1S(=O)(=O)c1ccc2c(c1)CC(=O)N2. The van der Waals surface area contributed by atoms with Crippen molar-refractivity contribution in [2.45, 2.75) is 43.9 Å². The summed E-state index contributed by atoms with van der Waals surface area (Å²) in [5, 5.41) is 2.70. The van der Waals surface area contributed by atoms with Gasteiger partial charge in [-0.2, -0.15) is 4.31 Å². The van der Waals surface area contributed by atoms with Gasteiger partial charge in [-0.1, -0.05) is 0 Å². The molecule has 2 aliphatic heterocycles. The van der Waals surface area contributed by atoms with Gasteiger partial charge in [-0.3, -0.25) is 4.79 Å². The van der Waals surface area contributed by atoms with E-state index in [-0.39, 0.29) is 17.2 Å². The smallest absolute Gasteiger partial charge is 0.245 e. The monoisotopic (exact) mass is 310 g/mol. The summed E-state index contributed by atoms with van der Waals surface area (Å²) in [6.07, 6.45) is -0.285. The molecule has 0 spiro atoms. The second kappa shape index (κ2) is 4.53. The quantitative estimate of drug-likeness (QED) is 0.894. The number of carbonyl (C=O) groups excluding carboxylic acids is 1. The van der Waals surface area contributed by atoms with E-state index in [0.717, 1.165) is 0 Å². The second-order valence-corrected chi connectivity index (χ2v) is 7.88. The first-order chi connectivity index (χ1) is 9.72. The molecule has 0 radical (unpaired) electrons. The number of hydrogen-bond donors (Lipinski definition) is 1. The van der Waals surface area contributed by atoms with E-state index in [1.165, 1.54) is 10.4 Å². The molecule has 114 valence electrons. The summed E-state index contributed by atoms with van der Waals surface area (Å²) in [4.78, 5) is 11.6. The normalized spacial score (nSPS) is 24.9. The molecule has 1 amide bonds. The summed E-state index contributed by atoms with van der Waals surface area (Å²) < 4.78 is 32.6. The number of hydrogen-bond acceptors (Lipinski definition) is 4. The molecular formula is C14H18N2O4S. The fourth-order valence-electron chi connectivity index (χ4n) is 2.95. The van der Waals surface area contributed by atoms with E-state index in [1.54, 1.807) is 19.1 Å². The van der Waals surface area contributed by atoms with Gasteiger partial charge in [0.1, 0.15) is 6.23 Å². The highest BCUT2D eigenvalue weighted by Gasteiger charge is 2.46. The van der Waals surface area contributed by atoms with E-state index in [0.29, 0.717) is 17.9 Å². The summed E-state index contributed by atoms with van der Waals surface area (Å²) in [7, 11) is -3.67. The van der Waals surface area contributed by atoms with Gasteiger partial charge in [-0.15, -0.1) is 0 Å². The minimum absolute atomic E-state index is 0.113. The second-order valence-electron chi connectivity index (χ2n) is 6.07. The molecule has 1 atom stereocenters. The van der Waals surface area contributed by atoms with Crippen LogP contribution in [-0.2, 0) is 26.0 Å². The maximum Gasteiger partial charge on any atom is 0.245 e. The zero-order valence-corrected chi connectivity index (χ0v) is 13.0. The third-order valence-corrected chi connectivity index (χ3v) is 6.02. The molecule has 1 fully saturated rings. The van der Waals surface area contributed by atoms with Crippen molar-refractivity contribution < 1.29 is 17.9 Å². The number of nitrogens with zero attached hydrogens (tertiary/aromatic N) is 1. The predicted molar refractivity (Wildman–Crippen MR) is 77.3 cm³/mol. The van der Waals surface area contributed by atoms with Gasteiger partial charge in [-0.25, -0.2) is 8.42 Å². The standard InChI is InChI=1S/C14H18N2O4S/c1-9-16(14(2,3)8-20-9)21(18,19)11-4-5-12-10(6-11)7-13(17)15-12/h4-6,9H,7-8H2,1-3H3,(H,15,17). The number of carbonyl (C=O) groups is 1. The van der Waals surface area contributed by atoms with E-state index in [4.69, 9.17) is 4.74 Å². The van der Waals surface area contributed by atoms with Crippen molar-refractivity contribution >= 4 is 21.6 Å². The van der Waals surface area contributed by atoms with Gasteiger partial charge in [0.25, 0.3) is 0 Å². The number of amides is 1. The minimum Gasteiger partial charge on any atom is -0.360 e. The van der Waals surface area contributed by atoms with Crippen LogP contribution in [0.2, 0.25) is 0 Å². The van der Waals surface area contributed by atoms with Crippen LogP contribution in [0.5, 0.6) is 0 Å². The Morgan fingerprint density at radius 2 is 2.10 bits per heavy atom. The van der Waals surface area contributed by atoms with E-state index in [1.807, 2.05) is 13.8 Å². The summed E-state index contributed by atoms with van der Waals surface area (Å²) >= 11 is 0. The summed E-state index contributed by atoms with van der Waals surface area (Å²) in [5.41, 5.74) is 0.807. The van der Waals surface area contributed by atoms with Gasteiger partial charge in [0.05, 0.1) is 23.5 Å². The highest BCUT2D eigenvalue weighted by atomic mass is 32.2. The molecule has 6 nitrogen and oxygen atoms in total. The molecule has 0 aliphatic carbocycles. The van der Waals surface area contributed by atoms with Crippen LogP contribution >= 0.6 is 0 Å². The average Bonchev–Trinajstić information content (AvgIpc) is 2.87. The molecule has 1 unspecified atom stereocenters. The van der Waals surface area contributed by atoms with Crippen molar-refractivity contribution in [3.63, 3.8) is 0 Å². The Morgan fingerprint density at radius 3 is 2.71 bits per heavy atom. The lowest BCUT2D eigenvalue weighted by Gasteiger charge is -2.30. The molecule has 2 heterocycles. The van der Waals surface area contributed by atoms with Gasteiger partial charge >= 0.3 is 0 Å². The Labute approximate surface area is 124 Å². The Kier molecular flexibility index (Phi) is 3.12. The zero-order chi connectivity index (χ0) is 15.4. The van der Waals surface area contributed by atoms with Gasteiger partial charge in [0.15, 0.2) is 0 Å². The molecule has 1 aromatic carbocycles. The molecule has 1 N–H and O–H groups in total. The number of anilines is 1. The lowest BCUT2D eigenvalue weighted by molar-refractivity contribution is -0.115. The maximum absolute atomic E-state index is 12.9. The van der Waals surface area contributed by atoms with Crippen molar-refractivity contribution in [3.8, 4) is 0 Å². The fourth-order valence-corrected chi connectivity index (χ4v) is 4.86. The zero-order valence-electron chi connectivity index (χ0n) is 12.2. The van der Waals surface area contributed by atoms with Crippen LogP contribution in [0.15, 0.2) is 23.1 Å². The number of nitrogens with one attached hydrogen (secondary N) is 1. The number of benzene rings is 1. The molecule has 1 aromatic rings. The van der Waals surface area contributed by atoms with Crippen LogP contribution < -0.4 is 5.32 Å². The van der Waals surface area contributed by atoms with E-state index >= 15 is 0 Å². The Morgan fingerprint density at radius 1 is 1.38 bits per heavy atom. The van der Waals surface area contributed by atoms with Gasteiger partial charge in [0.2, 0.25) is 15.9 Å². The summed E-state index contributed by atoms with van der Waals surface area (Å²) in [5.74, 6) is -0.113. The number of fused-ring (bicyclic) bond motifs is 1.